The summed E-state index contributed by atoms with van der Waals surface area (Å²) in [5, 5.41) is 1.20. The molecule has 0 radical (unpaired) electrons. The van der Waals surface area contributed by atoms with Gasteiger partial charge in [0.15, 0.2) is 0 Å². The molecular weight excluding hydrogens is 298 g/mol. The molecule has 1 aromatic heterocycles. The quantitative estimate of drug-likeness (QED) is 0.844. The maximum absolute atomic E-state index is 11.9. The molecule has 0 bridgehead atoms. The Bertz CT molecular complexity index is 733. The van der Waals surface area contributed by atoms with Gasteiger partial charge in [0.25, 0.3) is 0 Å². The molecule has 0 spiro atoms. The van der Waals surface area contributed by atoms with Gasteiger partial charge in [0.2, 0.25) is 10.0 Å². The lowest BCUT2D eigenvalue weighted by Crippen LogP contribution is -2.26. The van der Waals surface area contributed by atoms with Crippen molar-refractivity contribution in [3.63, 3.8) is 0 Å². The minimum atomic E-state index is -3.15. The van der Waals surface area contributed by atoms with E-state index in [1.54, 1.807) is 14.1 Å². The van der Waals surface area contributed by atoms with E-state index in [4.69, 9.17) is 0 Å². The van der Waals surface area contributed by atoms with Crippen LogP contribution in [0.15, 0.2) is 24.4 Å². The second kappa shape index (κ2) is 6.81. The molecule has 122 valence electrons. The molecule has 2 aromatic rings. The molecule has 1 aromatic carbocycles. The summed E-state index contributed by atoms with van der Waals surface area (Å²) >= 11 is 0. The van der Waals surface area contributed by atoms with Gasteiger partial charge in [-0.15, -0.1) is 0 Å². The van der Waals surface area contributed by atoms with Gasteiger partial charge >= 0.3 is 0 Å². The molecule has 0 aliphatic rings. The Balaban J connectivity index is 2.17. The van der Waals surface area contributed by atoms with Crippen LogP contribution in [0.3, 0.4) is 0 Å². The standard InChI is InChI=1S/C16H25N3O2S/c1-18(2)9-7-14-12-17-16-6-5-13(11-15(14)16)8-10-22(20,21)19(3)4/h5-6,11-12,17H,7-10H2,1-4H3. The van der Waals surface area contributed by atoms with Crippen LogP contribution in [0.4, 0.5) is 0 Å². The summed E-state index contributed by atoms with van der Waals surface area (Å²) in [5.74, 6) is 0.142. The average Bonchev–Trinajstić information content (AvgIpc) is 2.85. The van der Waals surface area contributed by atoms with Crippen LogP contribution in [0.2, 0.25) is 0 Å². The number of hydrogen-bond donors (Lipinski definition) is 1. The fourth-order valence-corrected chi connectivity index (χ4v) is 3.22. The number of aryl methyl sites for hydroxylation is 1. The lowest BCUT2D eigenvalue weighted by molar-refractivity contribution is 0.414. The van der Waals surface area contributed by atoms with E-state index in [0.717, 1.165) is 24.0 Å². The van der Waals surface area contributed by atoms with Crippen molar-refractivity contribution in [1.82, 2.24) is 14.2 Å². The minimum Gasteiger partial charge on any atom is -0.361 e. The number of aromatic amines is 1. The number of likely N-dealkylation sites (N-methyl/N-ethyl adjacent to an activating group) is 1. The summed E-state index contributed by atoms with van der Waals surface area (Å²) in [6.45, 7) is 0.992. The highest BCUT2D eigenvalue weighted by Crippen LogP contribution is 2.21. The monoisotopic (exact) mass is 323 g/mol. The summed E-state index contributed by atoms with van der Waals surface area (Å²) in [7, 11) is 4.12. The highest BCUT2D eigenvalue weighted by molar-refractivity contribution is 7.89. The smallest absolute Gasteiger partial charge is 0.213 e. The molecule has 5 nitrogen and oxygen atoms in total. The van der Waals surface area contributed by atoms with Crippen LogP contribution >= 0.6 is 0 Å². The van der Waals surface area contributed by atoms with Crippen molar-refractivity contribution in [2.75, 3.05) is 40.5 Å². The van der Waals surface area contributed by atoms with Crippen LogP contribution in [0.5, 0.6) is 0 Å². The summed E-state index contributed by atoms with van der Waals surface area (Å²) < 4.78 is 25.0. The molecular formula is C16H25N3O2S. The zero-order valence-corrected chi connectivity index (χ0v) is 14.6. The zero-order valence-electron chi connectivity index (χ0n) is 13.8. The van der Waals surface area contributed by atoms with Gasteiger partial charge in [-0.2, -0.15) is 0 Å². The Morgan fingerprint density at radius 1 is 1.09 bits per heavy atom. The van der Waals surface area contributed by atoms with Crippen LogP contribution in [-0.2, 0) is 22.9 Å². The van der Waals surface area contributed by atoms with Crippen molar-refractivity contribution in [2.24, 2.45) is 0 Å². The SMILES string of the molecule is CN(C)CCc1c[nH]c2ccc(CCS(=O)(=O)N(C)C)cc12. The third kappa shape index (κ3) is 4.09. The number of sulfonamides is 1. The Morgan fingerprint density at radius 3 is 2.45 bits per heavy atom. The van der Waals surface area contributed by atoms with Crippen molar-refractivity contribution in [2.45, 2.75) is 12.8 Å². The van der Waals surface area contributed by atoms with E-state index in [-0.39, 0.29) is 5.75 Å². The molecule has 0 saturated carbocycles. The van der Waals surface area contributed by atoms with Gasteiger partial charge in [-0.25, -0.2) is 12.7 Å². The average molecular weight is 323 g/mol. The van der Waals surface area contributed by atoms with Crippen molar-refractivity contribution >= 4 is 20.9 Å². The number of benzene rings is 1. The number of rotatable bonds is 7. The van der Waals surface area contributed by atoms with E-state index in [1.807, 2.05) is 12.1 Å². The second-order valence-corrected chi connectivity index (χ2v) is 8.40. The van der Waals surface area contributed by atoms with E-state index in [0.29, 0.717) is 6.42 Å². The van der Waals surface area contributed by atoms with Gasteiger partial charge in [0.1, 0.15) is 0 Å². The number of fused-ring (bicyclic) bond motifs is 1. The topological polar surface area (TPSA) is 56.4 Å². The molecule has 6 heteroatoms. The molecule has 1 N–H and O–H groups in total. The fourth-order valence-electron chi connectivity index (χ4n) is 2.36. The molecule has 22 heavy (non-hydrogen) atoms. The maximum atomic E-state index is 11.9. The first-order valence-electron chi connectivity index (χ1n) is 7.43. The molecule has 0 amide bonds. The first-order valence-corrected chi connectivity index (χ1v) is 9.04. The summed E-state index contributed by atoms with van der Waals surface area (Å²) in [5.41, 5.74) is 3.44. The van der Waals surface area contributed by atoms with Gasteiger partial charge in [-0.3, -0.25) is 0 Å². The highest BCUT2D eigenvalue weighted by Gasteiger charge is 2.14. The molecule has 0 atom stereocenters. The molecule has 0 fully saturated rings. The normalized spacial score (nSPS) is 12.6. The van der Waals surface area contributed by atoms with Crippen LogP contribution in [0.1, 0.15) is 11.1 Å². The summed E-state index contributed by atoms with van der Waals surface area (Å²) in [6.07, 6.45) is 3.57. The molecule has 1 heterocycles. The Kier molecular flexibility index (Phi) is 5.26. The van der Waals surface area contributed by atoms with E-state index < -0.39 is 10.0 Å². The first kappa shape index (κ1) is 17.0. The Hall–Kier alpha value is -1.37. The summed E-state index contributed by atoms with van der Waals surface area (Å²) in [4.78, 5) is 5.44. The summed E-state index contributed by atoms with van der Waals surface area (Å²) in [6, 6.07) is 6.15. The van der Waals surface area contributed by atoms with E-state index >= 15 is 0 Å². The number of nitrogens with one attached hydrogen (secondary N) is 1. The van der Waals surface area contributed by atoms with E-state index in [1.165, 1.54) is 15.3 Å². The van der Waals surface area contributed by atoms with Crippen molar-refractivity contribution in [3.8, 4) is 0 Å². The van der Waals surface area contributed by atoms with Crippen molar-refractivity contribution in [1.29, 1.82) is 0 Å². The first-order chi connectivity index (χ1) is 10.3. The van der Waals surface area contributed by atoms with Crippen LogP contribution in [0.25, 0.3) is 10.9 Å². The number of aromatic nitrogens is 1. The predicted molar refractivity (Wildman–Crippen MR) is 91.7 cm³/mol. The van der Waals surface area contributed by atoms with Crippen LogP contribution in [0, 0.1) is 0 Å². The molecule has 0 aliphatic heterocycles. The van der Waals surface area contributed by atoms with Gasteiger partial charge in [-0.1, -0.05) is 6.07 Å². The van der Waals surface area contributed by atoms with Gasteiger partial charge in [0.05, 0.1) is 5.75 Å². The number of H-pyrrole nitrogens is 1. The zero-order chi connectivity index (χ0) is 16.3. The lowest BCUT2D eigenvalue weighted by Gasteiger charge is -2.11. The Morgan fingerprint density at radius 2 is 1.82 bits per heavy atom. The molecule has 0 saturated heterocycles. The number of nitrogens with zero attached hydrogens (tertiary/aromatic N) is 2. The fraction of sp³-hybridized carbons (Fsp3) is 0.500. The third-order valence-electron chi connectivity index (χ3n) is 3.87. The molecule has 0 aliphatic carbocycles. The molecule has 2 rings (SSSR count). The van der Waals surface area contributed by atoms with Gasteiger partial charge < -0.3 is 9.88 Å². The van der Waals surface area contributed by atoms with Crippen LogP contribution in [-0.4, -0.2) is 63.1 Å². The predicted octanol–water partition coefficient (Wildman–Crippen LogP) is 1.71. The Labute approximate surface area is 133 Å². The van der Waals surface area contributed by atoms with Crippen molar-refractivity contribution in [3.05, 3.63) is 35.5 Å². The van der Waals surface area contributed by atoms with Gasteiger partial charge in [-0.05, 0) is 50.2 Å². The number of hydrogen-bond acceptors (Lipinski definition) is 3. The third-order valence-corrected chi connectivity index (χ3v) is 5.70. The largest absolute Gasteiger partial charge is 0.361 e. The second-order valence-electron chi connectivity index (χ2n) is 6.10. The lowest BCUT2D eigenvalue weighted by atomic mass is 10.1. The van der Waals surface area contributed by atoms with E-state index in [9.17, 15) is 8.42 Å². The van der Waals surface area contributed by atoms with E-state index in [2.05, 4.69) is 36.2 Å². The van der Waals surface area contributed by atoms with Crippen LogP contribution < -0.4 is 0 Å². The minimum absolute atomic E-state index is 0.142. The highest BCUT2D eigenvalue weighted by atomic mass is 32.2. The van der Waals surface area contributed by atoms with Crippen molar-refractivity contribution < 1.29 is 8.42 Å². The molecule has 0 unspecified atom stereocenters. The van der Waals surface area contributed by atoms with Gasteiger partial charge in [0, 0.05) is 37.7 Å². The maximum Gasteiger partial charge on any atom is 0.213 e.